The quantitative estimate of drug-likeness (QED) is 0.234. The fraction of sp³-hybridized carbons (Fsp3) is 0.118. The lowest BCUT2D eigenvalue weighted by atomic mass is 10.1. The van der Waals surface area contributed by atoms with Gasteiger partial charge in [-0.25, -0.2) is 0 Å². The first-order valence-corrected chi connectivity index (χ1v) is 13.8. The molecule has 0 amide bonds. The number of phenolic OH excluding ortho intramolecular Hbond substituents is 1. The normalized spacial score (nSPS) is 10.3. The van der Waals surface area contributed by atoms with Crippen LogP contribution in [-0.2, 0) is 0 Å². The Morgan fingerprint density at radius 3 is 1.30 bits per heavy atom. The number of rotatable bonds is 4. The van der Waals surface area contributed by atoms with E-state index in [1.165, 1.54) is 49.3 Å². The fourth-order valence-electron chi connectivity index (χ4n) is 4.36. The minimum absolute atomic E-state index is 0. The van der Waals surface area contributed by atoms with Crippen LogP contribution >= 0.6 is 7.92 Å². The molecule has 0 unspecified atom stereocenters. The lowest BCUT2D eigenvalue weighted by molar-refractivity contribution is -0.00000829. The van der Waals surface area contributed by atoms with E-state index < -0.39 is 7.92 Å². The monoisotopic (exact) mass is 616 g/mol. The van der Waals surface area contributed by atoms with Gasteiger partial charge >= 0.3 is 0 Å². The Labute approximate surface area is 240 Å². The molecule has 0 aliphatic carbocycles. The van der Waals surface area contributed by atoms with Gasteiger partial charge in [0.15, 0.2) is 0 Å². The molecule has 3 heteroatoms. The summed E-state index contributed by atoms with van der Waals surface area (Å²) in [6.45, 7) is 8.71. The maximum absolute atomic E-state index is 9.69. The molecule has 5 rings (SSSR count). The van der Waals surface area contributed by atoms with Crippen molar-refractivity contribution in [1.82, 2.24) is 0 Å². The van der Waals surface area contributed by atoms with E-state index in [2.05, 4.69) is 125 Å². The minimum atomic E-state index is -1.11. The van der Waals surface area contributed by atoms with Gasteiger partial charge in [0.1, 0.15) is 21.7 Å². The smallest absolute Gasteiger partial charge is 0.115 e. The van der Waals surface area contributed by atoms with Gasteiger partial charge in [0.2, 0.25) is 0 Å². The summed E-state index contributed by atoms with van der Waals surface area (Å²) in [5, 5.41) is 13.9. The van der Waals surface area contributed by atoms with Gasteiger partial charge in [0, 0.05) is 0 Å². The Bertz CT molecular complexity index is 1330. The first-order valence-electron chi connectivity index (χ1n) is 12.3. The van der Waals surface area contributed by atoms with Crippen LogP contribution < -0.4 is 39.9 Å². The van der Waals surface area contributed by atoms with Crippen LogP contribution in [0, 0.1) is 27.7 Å². The van der Waals surface area contributed by atoms with E-state index in [4.69, 9.17) is 0 Å². The van der Waals surface area contributed by atoms with Crippen molar-refractivity contribution in [2.75, 3.05) is 0 Å². The van der Waals surface area contributed by atoms with Crippen molar-refractivity contribution >= 4 is 23.8 Å². The van der Waals surface area contributed by atoms with Gasteiger partial charge in [-0.1, -0.05) is 84.9 Å². The van der Waals surface area contributed by atoms with E-state index in [-0.39, 0.29) is 24.0 Å². The van der Waals surface area contributed by atoms with Gasteiger partial charge in [0.25, 0.3) is 0 Å². The molecular weight excluding hydrogens is 582 g/mol. The van der Waals surface area contributed by atoms with E-state index in [9.17, 15) is 5.11 Å². The fourth-order valence-corrected chi connectivity index (χ4v) is 7.47. The molecule has 0 atom stereocenters. The molecule has 0 aliphatic heterocycles. The van der Waals surface area contributed by atoms with Crippen molar-refractivity contribution in [3.05, 3.63) is 144 Å². The third kappa shape index (κ3) is 7.53. The van der Waals surface area contributed by atoms with Crippen molar-refractivity contribution in [3.63, 3.8) is 0 Å². The molecule has 1 nitrogen and oxygen atoms in total. The molecule has 0 heterocycles. The number of aromatic hydroxyl groups is 1. The van der Waals surface area contributed by atoms with Crippen LogP contribution in [0.25, 0.3) is 11.1 Å². The molecule has 37 heavy (non-hydrogen) atoms. The van der Waals surface area contributed by atoms with Crippen molar-refractivity contribution in [2.45, 2.75) is 27.7 Å². The number of halogens is 1. The van der Waals surface area contributed by atoms with E-state index >= 15 is 0 Å². The number of hydrogen-bond donors (Lipinski definition) is 1. The van der Waals surface area contributed by atoms with Gasteiger partial charge in [-0.2, -0.15) is 0 Å². The lowest BCUT2D eigenvalue weighted by Gasteiger charge is -2.16. The van der Waals surface area contributed by atoms with E-state index in [1.807, 2.05) is 12.1 Å². The van der Waals surface area contributed by atoms with Crippen LogP contribution in [-0.4, -0.2) is 5.11 Å². The summed E-state index contributed by atoms with van der Waals surface area (Å²) in [5.41, 5.74) is 7.81. The molecule has 0 radical (unpaired) electrons. The zero-order valence-corrected chi connectivity index (χ0v) is 25.0. The molecule has 0 fully saturated rings. The summed E-state index contributed by atoms with van der Waals surface area (Å²) in [7, 11) is -1.11. The van der Waals surface area contributed by atoms with E-state index in [0.29, 0.717) is 5.75 Å². The average molecular weight is 617 g/mol. The number of hydrogen-bond acceptors (Lipinski definition) is 1. The average Bonchev–Trinajstić information content (AvgIpc) is 2.91. The Balaban J connectivity index is 0.000000246. The molecule has 0 aromatic heterocycles. The van der Waals surface area contributed by atoms with Crippen molar-refractivity contribution in [3.8, 4) is 16.9 Å². The van der Waals surface area contributed by atoms with Gasteiger partial charge in [-0.3, -0.25) is 0 Å². The van der Waals surface area contributed by atoms with Crippen LogP contribution in [0.3, 0.4) is 0 Å². The van der Waals surface area contributed by atoms with Crippen LogP contribution in [0.1, 0.15) is 22.3 Å². The Morgan fingerprint density at radius 2 is 0.892 bits per heavy atom. The Hall–Kier alpha value is -2.94. The second kappa shape index (κ2) is 13.6. The number of phenols is 1. The summed E-state index contributed by atoms with van der Waals surface area (Å²) in [5.74, 6) is 0.321. The summed E-state index contributed by atoms with van der Waals surface area (Å²) >= 11 is 0. The van der Waals surface area contributed by atoms with Crippen molar-refractivity contribution < 1.29 is 29.1 Å². The summed E-state index contributed by atoms with van der Waals surface area (Å²) in [6.07, 6.45) is 0. The maximum Gasteiger partial charge on any atom is 0.115 e. The van der Waals surface area contributed by atoms with Crippen LogP contribution in [0.4, 0.5) is 0 Å². The molecule has 0 spiro atoms. The van der Waals surface area contributed by atoms with Gasteiger partial charge in [0.05, 0.1) is 7.92 Å². The highest BCUT2D eigenvalue weighted by Crippen LogP contribution is 2.36. The van der Waals surface area contributed by atoms with Gasteiger partial charge < -0.3 is 29.1 Å². The molecule has 0 saturated heterocycles. The second-order valence-corrected chi connectivity index (χ2v) is 11.7. The summed E-state index contributed by atoms with van der Waals surface area (Å²) in [4.78, 5) is 0. The standard InChI is InChI=1S/C22H23OP.C12H10.HI/c1-15-5-7-17(3)21(13-15)24(20-11-9-19(23)10-12-20)22-14-16(2)6-8-18(22)4;1-3-7-11(8-4-1)12-9-5-2-6-10-12;/h5-14,23H,1-4H3;1-10H;1H. The van der Waals surface area contributed by atoms with Crippen LogP contribution in [0.15, 0.2) is 121 Å². The molecular formula is C34H34IOP. The zero-order valence-electron chi connectivity index (χ0n) is 21.9. The van der Waals surface area contributed by atoms with Gasteiger partial charge in [-0.05, 0) is 97.5 Å². The zero-order chi connectivity index (χ0) is 25.5. The maximum atomic E-state index is 9.69. The van der Waals surface area contributed by atoms with Crippen molar-refractivity contribution in [1.29, 1.82) is 0 Å². The molecule has 1 N–H and O–H groups in total. The summed E-state index contributed by atoms with van der Waals surface area (Å²) < 4.78 is 0. The van der Waals surface area contributed by atoms with E-state index in [0.717, 1.165) is 0 Å². The number of benzene rings is 5. The first kappa shape index (κ1) is 28.6. The topological polar surface area (TPSA) is 20.2 Å². The first-order chi connectivity index (χ1) is 17.4. The second-order valence-electron chi connectivity index (χ2n) is 9.29. The molecule has 0 saturated carbocycles. The highest BCUT2D eigenvalue weighted by molar-refractivity contribution is 7.80. The SMILES string of the molecule is Cc1ccc(C)c([PH+](c2ccc(O)cc2)c2cc(C)ccc2C)c1.[I-].c1ccc(-c2ccccc2)cc1. The third-order valence-corrected chi connectivity index (χ3v) is 9.43. The van der Waals surface area contributed by atoms with Gasteiger partial charge in [-0.15, -0.1) is 0 Å². The lowest BCUT2D eigenvalue weighted by Crippen LogP contribution is -3.00. The third-order valence-electron chi connectivity index (χ3n) is 6.36. The predicted molar refractivity (Wildman–Crippen MR) is 159 cm³/mol. The molecule has 0 bridgehead atoms. The minimum Gasteiger partial charge on any atom is -1.00 e. The molecule has 5 aromatic carbocycles. The van der Waals surface area contributed by atoms with Crippen LogP contribution in [0.5, 0.6) is 5.75 Å². The van der Waals surface area contributed by atoms with Crippen molar-refractivity contribution in [2.24, 2.45) is 0 Å². The summed E-state index contributed by atoms with van der Waals surface area (Å²) in [6, 6.07) is 42.0. The van der Waals surface area contributed by atoms with Crippen LogP contribution in [0.2, 0.25) is 0 Å². The number of aryl methyl sites for hydroxylation is 4. The highest BCUT2D eigenvalue weighted by Gasteiger charge is 2.29. The highest BCUT2D eigenvalue weighted by atomic mass is 127. The van der Waals surface area contributed by atoms with E-state index in [1.54, 1.807) is 12.1 Å². The predicted octanol–water partition coefficient (Wildman–Crippen LogP) is 4.47. The largest absolute Gasteiger partial charge is 1.00 e. The Morgan fingerprint density at radius 1 is 0.486 bits per heavy atom. The molecule has 188 valence electrons. The molecule has 5 aromatic rings. The molecule has 0 aliphatic rings. The Kier molecular flexibility index (Phi) is 10.5.